The maximum atomic E-state index is 12.2. The molecule has 1 amide bonds. The Morgan fingerprint density at radius 1 is 1.21 bits per heavy atom. The quantitative estimate of drug-likeness (QED) is 0.684. The Bertz CT molecular complexity index is 694. The summed E-state index contributed by atoms with van der Waals surface area (Å²) in [6, 6.07) is 13.3. The van der Waals surface area contributed by atoms with Gasteiger partial charge in [-0.2, -0.15) is 0 Å². The number of rotatable bonds is 8. The van der Waals surface area contributed by atoms with Crippen LogP contribution in [0.1, 0.15) is 12.5 Å². The lowest BCUT2D eigenvalue weighted by molar-refractivity contribution is -0.113. The van der Waals surface area contributed by atoms with E-state index in [4.69, 9.17) is 9.47 Å². The predicted octanol–water partition coefficient (Wildman–Crippen LogP) is 4.73. The maximum Gasteiger partial charge on any atom is 0.234 e. The minimum Gasteiger partial charge on any atom is -0.496 e. The molecule has 6 heteroatoms. The van der Waals surface area contributed by atoms with E-state index in [2.05, 4.69) is 21.2 Å². The van der Waals surface area contributed by atoms with E-state index in [0.29, 0.717) is 29.5 Å². The Morgan fingerprint density at radius 3 is 2.75 bits per heavy atom. The highest BCUT2D eigenvalue weighted by atomic mass is 79.9. The molecule has 0 aliphatic heterocycles. The van der Waals surface area contributed by atoms with Crippen LogP contribution in [0.15, 0.2) is 46.9 Å². The van der Waals surface area contributed by atoms with Crippen molar-refractivity contribution in [2.75, 3.05) is 24.8 Å². The van der Waals surface area contributed by atoms with Crippen LogP contribution in [0, 0.1) is 0 Å². The fourth-order valence-electron chi connectivity index (χ4n) is 2.15. The summed E-state index contributed by atoms with van der Waals surface area (Å²) in [5.74, 6) is 2.51. The second kappa shape index (κ2) is 9.59. The molecule has 0 unspecified atom stereocenters. The Hall–Kier alpha value is -1.66. The fourth-order valence-corrected chi connectivity index (χ4v) is 3.36. The minimum atomic E-state index is -0.0545. The van der Waals surface area contributed by atoms with Crippen molar-refractivity contribution < 1.29 is 14.3 Å². The number of halogens is 1. The van der Waals surface area contributed by atoms with Gasteiger partial charge in [0.1, 0.15) is 11.5 Å². The van der Waals surface area contributed by atoms with Gasteiger partial charge < -0.3 is 14.8 Å². The maximum absolute atomic E-state index is 12.2. The van der Waals surface area contributed by atoms with Crippen LogP contribution < -0.4 is 14.8 Å². The largest absolute Gasteiger partial charge is 0.496 e. The molecule has 0 saturated carbocycles. The van der Waals surface area contributed by atoms with Crippen molar-refractivity contribution in [2.24, 2.45) is 0 Å². The highest BCUT2D eigenvalue weighted by molar-refractivity contribution is 9.10. The van der Waals surface area contributed by atoms with E-state index in [1.807, 2.05) is 49.4 Å². The van der Waals surface area contributed by atoms with Gasteiger partial charge in [0.2, 0.25) is 5.91 Å². The van der Waals surface area contributed by atoms with Gasteiger partial charge in [-0.3, -0.25) is 4.79 Å². The lowest BCUT2D eigenvalue weighted by Crippen LogP contribution is -2.15. The van der Waals surface area contributed by atoms with Gasteiger partial charge in [-0.1, -0.05) is 28.1 Å². The summed E-state index contributed by atoms with van der Waals surface area (Å²) >= 11 is 4.99. The van der Waals surface area contributed by atoms with Gasteiger partial charge in [0, 0.05) is 15.8 Å². The molecule has 128 valence electrons. The van der Waals surface area contributed by atoms with Gasteiger partial charge in [0.15, 0.2) is 0 Å². The first kappa shape index (κ1) is 18.7. The third-order valence-corrected chi connectivity index (χ3v) is 4.67. The zero-order valence-corrected chi connectivity index (χ0v) is 16.1. The molecular formula is C18H20BrNO3S. The van der Waals surface area contributed by atoms with E-state index in [-0.39, 0.29) is 5.91 Å². The smallest absolute Gasteiger partial charge is 0.234 e. The fraction of sp³-hybridized carbons (Fsp3) is 0.278. The number of nitrogens with one attached hydrogen (secondary N) is 1. The van der Waals surface area contributed by atoms with Crippen LogP contribution in [0.25, 0.3) is 0 Å². The molecule has 0 radical (unpaired) electrons. The summed E-state index contributed by atoms with van der Waals surface area (Å²) in [6.07, 6.45) is 0. The number of carbonyl (C=O) groups is 1. The summed E-state index contributed by atoms with van der Waals surface area (Å²) in [5.41, 5.74) is 1.75. The van der Waals surface area contributed by atoms with E-state index in [1.54, 1.807) is 7.11 Å². The lowest BCUT2D eigenvalue weighted by atomic mass is 10.2. The summed E-state index contributed by atoms with van der Waals surface area (Å²) in [6.45, 7) is 2.48. The number of anilines is 1. The van der Waals surface area contributed by atoms with Crippen LogP contribution >= 0.6 is 27.7 Å². The highest BCUT2D eigenvalue weighted by Crippen LogP contribution is 2.27. The minimum absolute atomic E-state index is 0.0545. The van der Waals surface area contributed by atoms with Gasteiger partial charge in [0.25, 0.3) is 0 Å². The summed E-state index contributed by atoms with van der Waals surface area (Å²) in [4.78, 5) is 12.2. The molecule has 2 aromatic carbocycles. The van der Waals surface area contributed by atoms with Gasteiger partial charge >= 0.3 is 0 Å². The first-order valence-corrected chi connectivity index (χ1v) is 9.50. The number of amides is 1. The molecule has 0 atom stereocenters. The molecular weight excluding hydrogens is 390 g/mol. The third-order valence-electron chi connectivity index (χ3n) is 3.19. The van der Waals surface area contributed by atoms with E-state index in [1.165, 1.54) is 11.8 Å². The van der Waals surface area contributed by atoms with E-state index in [9.17, 15) is 4.79 Å². The van der Waals surface area contributed by atoms with Gasteiger partial charge in [0.05, 0.1) is 25.2 Å². The highest BCUT2D eigenvalue weighted by Gasteiger charge is 2.09. The van der Waals surface area contributed by atoms with Crippen molar-refractivity contribution in [1.82, 2.24) is 0 Å². The molecule has 24 heavy (non-hydrogen) atoms. The normalized spacial score (nSPS) is 10.3. The molecule has 1 N–H and O–H groups in total. The zero-order chi connectivity index (χ0) is 17.4. The topological polar surface area (TPSA) is 47.6 Å². The van der Waals surface area contributed by atoms with Crippen LogP contribution in [0.4, 0.5) is 5.69 Å². The lowest BCUT2D eigenvalue weighted by Gasteiger charge is -2.11. The third kappa shape index (κ3) is 5.46. The molecule has 0 heterocycles. The number of hydrogen-bond donors (Lipinski definition) is 1. The average Bonchev–Trinajstić information content (AvgIpc) is 2.57. The average molecular weight is 410 g/mol. The summed E-state index contributed by atoms with van der Waals surface area (Å²) in [7, 11) is 1.65. The van der Waals surface area contributed by atoms with Crippen molar-refractivity contribution >= 4 is 39.3 Å². The summed E-state index contributed by atoms with van der Waals surface area (Å²) in [5, 5.41) is 2.90. The molecule has 0 bridgehead atoms. The number of hydrogen-bond acceptors (Lipinski definition) is 4. The predicted molar refractivity (Wildman–Crippen MR) is 103 cm³/mol. The Morgan fingerprint density at radius 2 is 2.00 bits per heavy atom. The number of thioether (sulfide) groups is 1. The van der Waals surface area contributed by atoms with Crippen LogP contribution in [-0.4, -0.2) is 25.4 Å². The number of methoxy groups -OCH3 is 1. The molecule has 0 fully saturated rings. The zero-order valence-electron chi connectivity index (χ0n) is 13.7. The molecule has 4 nitrogen and oxygen atoms in total. The van der Waals surface area contributed by atoms with Crippen molar-refractivity contribution in [3.63, 3.8) is 0 Å². The van der Waals surface area contributed by atoms with Gasteiger partial charge in [-0.05, 0) is 37.3 Å². The van der Waals surface area contributed by atoms with Crippen LogP contribution in [0.3, 0.4) is 0 Å². The number of benzene rings is 2. The second-order valence-electron chi connectivity index (χ2n) is 4.93. The second-order valence-corrected chi connectivity index (χ2v) is 6.83. The van der Waals surface area contributed by atoms with Crippen molar-refractivity contribution in [3.8, 4) is 11.5 Å². The number of para-hydroxylation sites is 2. The first-order valence-electron chi connectivity index (χ1n) is 7.56. The van der Waals surface area contributed by atoms with Crippen LogP contribution in [-0.2, 0) is 10.5 Å². The molecule has 2 rings (SSSR count). The Balaban J connectivity index is 1.89. The monoisotopic (exact) mass is 409 g/mol. The van der Waals surface area contributed by atoms with Crippen molar-refractivity contribution in [1.29, 1.82) is 0 Å². The number of ether oxygens (including phenoxy) is 2. The molecule has 0 saturated heterocycles. The molecule has 0 spiro atoms. The Kier molecular flexibility index (Phi) is 7.46. The van der Waals surface area contributed by atoms with Crippen LogP contribution in [0.5, 0.6) is 11.5 Å². The van der Waals surface area contributed by atoms with E-state index in [0.717, 1.165) is 15.8 Å². The van der Waals surface area contributed by atoms with E-state index >= 15 is 0 Å². The molecule has 0 aliphatic rings. The van der Waals surface area contributed by atoms with Gasteiger partial charge in [-0.25, -0.2) is 0 Å². The number of carbonyl (C=O) groups excluding carboxylic acids is 1. The molecule has 0 aromatic heterocycles. The summed E-state index contributed by atoms with van der Waals surface area (Å²) < 4.78 is 11.9. The standard InChI is InChI=1S/C18H20BrNO3S/c1-3-23-17-7-5-4-6-15(17)20-18(21)12-24-11-13-10-14(19)8-9-16(13)22-2/h4-10H,3,11-12H2,1-2H3,(H,20,21). The first-order chi connectivity index (χ1) is 11.6. The van der Waals surface area contributed by atoms with Crippen molar-refractivity contribution in [3.05, 3.63) is 52.5 Å². The SMILES string of the molecule is CCOc1ccccc1NC(=O)CSCc1cc(Br)ccc1OC. The molecule has 0 aliphatic carbocycles. The van der Waals surface area contributed by atoms with E-state index < -0.39 is 0 Å². The molecule has 2 aromatic rings. The van der Waals surface area contributed by atoms with Crippen LogP contribution in [0.2, 0.25) is 0 Å². The Labute approximate surface area is 155 Å². The van der Waals surface area contributed by atoms with Crippen molar-refractivity contribution in [2.45, 2.75) is 12.7 Å². The van der Waals surface area contributed by atoms with Gasteiger partial charge in [-0.15, -0.1) is 11.8 Å².